The van der Waals surface area contributed by atoms with Crippen LogP contribution in [0, 0.1) is 0 Å². The van der Waals surface area contributed by atoms with Crippen LogP contribution in [0.3, 0.4) is 0 Å². The normalized spacial score (nSPS) is 19.6. The summed E-state index contributed by atoms with van der Waals surface area (Å²) in [7, 11) is 0. The van der Waals surface area contributed by atoms with E-state index in [9.17, 15) is 0 Å². The maximum absolute atomic E-state index is 6.62. The molecule has 17 heavy (non-hydrogen) atoms. The fourth-order valence-electron chi connectivity index (χ4n) is 2.99. The predicted molar refractivity (Wildman–Crippen MR) is 74.9 cm³/mol. The van der Waals surface area contributed by atoms with Crippen LogP contribution in [0.5, 0.6) is 0 Å². The molecule has 1 heterocycles. The molecule has 0 aliphatic heterocycles. The molecule has 1 aromatic heterocycles. The first-order valence-electron chi connectivity index (χ1n) is 6.26. The number of nitrogens with two attached hydrogens (primary N) is 1. The summed E-state index contributed by atoms with van der Waals surface area (Å²) in [5.74, 6) is 0. The van der Waals surface area contributed by atoms with Crippen molar-refractivity contribution in [3.63, 3.8) is 0 Å². The fourth-order valence-corrected chi connectivity index (χ4v) is 3.43. The summed E-state index contributed by atoms with van der Waals surface area (Å²) < 4.78 is 1.12. The van der Waals surface area contributed by atoms with Gasteiger partial charge in [0, 0.05) is 21.6 Å². The van der Waals surface area contributed by atoms with E-state index in [1.54, 1.807) is 0 Å². The van der Waals surface area contributed by atoms with E-state index in [1.165, 1.54) is 35.7 Å². The van der Waals surface area contributed by atoms with Crippen LogP contribution in [0.15, 0.2) is 28.9 Å². The van der Waals surface area contributed by atoms with Gasteiger partial charge in [-0.05, 0) is 34.3 Å². The molecule has 90 valence electrons. The maximum atomic E-state index is 6.62. The number of aromatic amines is 1. The molecule has 3 rings (SSSR count). The summed E-state index contributed by atoms with van der Waals surface area (Å²) in [6, 6.07) is 6.42. The predicted octanol–water partition coefficient (Wildman–Crippen LogP) is 4.05. The largest absolute Gasteiger partial charge is 0.360 e. The summed E-state index contributed by atoms with van der Waals surface area (Å²) in [6.45, 7) is 0. The quantitative estimate of drug-likeness (QED) is 0.818. The molecule has 0 amide bonds. The van der Waals surface area contributed by atoms with Gasteiger partial charge in [-0.1, -0.05) is 37.5 Å². The summed E-state index contributed by atoms with van der Waals surface area (Å²) >= 11 is 3.57. The number of fused-ring (bicyclic) bond motifs is 1. The third kappa shape index (κ3) is 1.81. The molecule has 2 nitrogen and oxygen atoms in total. The fraction of sp³-hybridized carbons (Fsp3) is 0.429. The van der Waals surface area contributed by atoms with Crippen molar-refractivity contribution in [2.75, 3.05) is 0 Å². The van der Waals surface area contributed by atoms with E-state index < -0.39 is 0 Å². The van der Waals surface area contributed by atoms with E-state index in [2.05, 4.69) is 39.1 Å². The molecule has 0 radical (unpaired) electrons. The van der Waals surface area contributed by atoms with Crippen LogP contribution in [-0.2, 0) is 5.54 Å². The third-order valence-corrected chi connectivity index (χ3v) is 4.60. The standard InChI is InChI=1S/C14H17BrN2/c15-12-9-17-13-10(12)5-4-6-11(13)14(16)7-2-1-3-8-14/h4-6,9,17H,1-3,7-8,16H2. The molecule has 0 unspecified atom stereocenters. The Kier molecular flexibility index (Phi) is 2.75. The van der Waals surface area contributed by atoms with Crippen molar-refractivity contribution >= 4 is 26.8 Å². The number of para-hydroxylation sites is 1. The van der Waals surface area contributed by atoms with Gasteiger partial charge in [0.2, 0.25) is 0 Å². The first-order valence-corrected chi connectivity index (χ1v) is 7.05. The highest BCUT2D eigenvalue weighted by Gasteiger charge is 2.31. The van der Waals surface area contributed by atoms with Crippen molar-refractivity contribution in [1.29, 1.82) is 0 Å². The minimum Gasteiger partial charge on any atom is -0.360 e. The summed E-state index contributed by atoms with van der Waals surface area (Å²) in [5.41, 5.74) is 8.96. The van der Waals surface area contributed by atoms with E-state index in [-0.39, 0.29) is 5.54 Å². The molecule has 1 aromatic carbocycles. The number of H-pyrrole nitrogens is 1. The molecule has 0 atom stereocenters. The minimum absolute atomic E-state index is 0.137. The zero-order chi connectivity index (χ0) is 11.9. The maximum Gasteiger partial charge on any atom is 0.0517 e. The number of rotatable bonds is 1. The Balaban J connectivity index is 2.16. The lowest BCUT2D eigenvalue weighted by Gasteiger charge is -2.34. The average molecular weight is 293 g/mol. The Bertz CT molecular complexity index is 538. The Morgan fingerprint density at radius 3 is 2.71 bits per heavy atom. The molecule has 0 bridgehead atoms. The molecule has 3 heteroatoms. The molecule has 2 aromatic rings. The van der Waals surface area contributed by atoms with Crippen molar-refractivity contribution in [2.45, 2.75) is 37.6 Å². The highest BCUT2D eigenvalue weighted by atomic mass is 79.9. The SMILES string of the molecule is NC1(c2cccc3c(Br)c[nH]c23)CCCCC1. The molecule has 1 aliphatic carbocycles. The van der Waals surface area contributed by atoms with Gasteiger partial charge in [-0.2, -0.15) is 0 Å². The van der Waals surface area contributed by atoms with E-state index >= 15 is 0 Å². The molecule has 0 saturated heterocycles. The van der Waals surface area contributed by atoms with Crippen LogP contribution in [0.2, 0.25) is 0 Å². The van der Waals surface area contributed by atoms with Crippen molar-refractivity contribution in [2.24, 2.45) is 5.73 Å². The van der Waals surface area contributed by atoms with Gasteiger partial charge in [-0.25, -0.2) is 0 Å². The van der Waals surface area contributed by atoms with E-state index in [1.807, 2.05) is 6.20 Å². The van der Waals surface area contributed by atoms with Crippen LogP contribution in [0.25, 0.3) is 10.9 Å². The first kappa shape index (κ1) is 11.3. The van der Waals surface area contributed by atoms with Gasteiger partial charge in [0.1, 0.15) is 0 Å². The van der Waals surface area contributed by atoms with E-state index in [0.29, 0.717) is 0 Å². The molecule has 1 saturated carbocycles. The molecule has 1 aliphatic rings. The monoisotopic (exact) mass is 292 g/mol. The zero-order valence-corrected chi connectivity index (χ0v) is 11.4. The minimum atomic E-state index is -0.137. The lowest BCUT2D eigenvalue weighted by molar-refractivity contribution is 0.304. The van der Waals surface area contributed by atoms with Crippen LogP contribution < -0.4 is 5.73 Å². The number of nitrogens with one attached hydrogen (secondary N) is 1. The Morgan fingerprint density at radius 1 is 1.18 bits per heavy atom. The van der Waals surface area contributed by atoms with Crippen molar-refractivity contribution in [1.82, 2.24) is 4.98 Å². The van der Waals surface area contributed by atoms with Crippen LogP contribution in [-0.4, -0.2) is 4.98 Å². The highest BCUT2D eigenvalue weighted by Crippen LogP contribution is 2.38. The number of aromatic nitrogens is 1. The average Bonchev–Trinajstić information content (AvgIpc) is 2.72. The van der Waals surface area contributed by atoms with Gasteiger partial charge in [0.25, 0.3) is 0 Å². The Hall–Kier alpha value is -0.800. The lowest BCUT2D eigenvalue weighted by atomic mass is 9.77. The second-order valence-corrected chi connectivity index (χ2v) is 5.94. The second-order valence-electron chi connectivity index (χ2n) is 5.08. The van der Waals surface area contributed by atoms with E-state index in [0.717, 1.165) is 17.3 Å². The van der Waals surface area contributed by atoms with Crippen LogP contribution in [0.1, 0.15) is 37.7 Å². The summed E-state index contributed by atoms with van der Waals surface area (Å²) in [5, 5.41) is 1.23. The van der Waals surface area contributed by atoms with Gasteiger partial charge < -0.3 is 10.7 Å². The second kappa shape index (κ2) is 4.14. The Labute approximate surface area is 110 Å². The molecule has 3 N–H and O–H groups in total. The van der Waals surface area contributed by atoms with Gasteiger partial charge in [-0.15, -0.1) is 0 Å². The topological polar surface area (TPSA) is 41.8 Å². The van der Waals surface area contributed by atoms with Gasteiger partial charge >= 0.3 is 0 Å². The number of benzene rings is 1. The van der Waals surface area contributed by atoms with Crippen molar-refractivity contribution in [3.05, 3.63) is 34.4 Å². The van der Waals surface area contributed by atoms with Crippen LogP contribution in [0.4, 0.5) is 0 Å². The smallest absolute Gasteiger partial charge is 0.0517 e. The molecule has 1 fully saturated rings. The number of hydrogen-bond acceptors (Lipinski definition) is 1. The van der Waals surface area contributed by atoms with Gasteiger partial charge in [0.15, 0.2) is 0 Å². The Morgan fingerprint density at radius 2 is 1.94 bits per heavy atom. The number of halogens is 1. The van der Waals surface area contributed by atoms with Gasteiger partial charge in [0.05, 0.1) is 5.52 Å². The van der Waals surface area contributed by atoms with Crippen molar-refractivity contribution < 1.29 is 0 Å². The summed E-state index contributed by atoms with van der Waals surface area (Å²) in [6.07, 6.45) is 8.01. The molecule has 0 spiro atoms. The molecular formula is C14H17BrN2. The lowest BCUT2D eigenvalue weighted by Crippen LogP contribution is -2.38. The third-order valence-electron chi connectivity index (χ3n) is 3.95. The van der Waals surface area contributed by atoms with Crippen molar-refractivity contribution in [3.8, 4) is 0 Å². The summed E-state index contributed by atoms with van der Waals surface area (Å²) in [4.78, 5) is 3.35. The van der Waals surface area contributed by atoms with E-state index in [4.69, 9.17) is 5.73 Å². The van der Waals surface area contributed by atoms with Crippen LogP contribution >= 0.6 is 15.9 Å². The zero-order valence-electron chi connectivity index (χ0n) is 9.80. The van der Waals surface area contributed by atoms with Gasteiger partial charge in [-0.3, -0.25) is 0 Å². The first-order chi connectivity index (χ1) is 8.21. The molecular weight excluding hydrogens is 276 g/mol. The number of hydrogen-bond donors (Lipinski definition) is 2. The highest BCUT2D eigenvalue weighted by molar-refractivity contribution is 9.10.